The molecule has 0 bridgehead atoms. The first-order valence-electron chi connectivity index (χ1n) is 7.77. The van der Waals surface area contributed by atoms with E-state index < -0.39 is 0 Å². The molecule has 2 aliphatic rings. The van der Waals surface area contributed by atoms with E-state index >= 15 is 0 Å². The van der Waals surface area contributed by atoms with Crippen molar-refractivity contribution in [3.8, 4) is 0 Å². The standard InChI is InChI=1S/C16H26N2S/c17-12-16(7-2-1-3-8-16)13-18(15-4-5-15)10-14-6-9-19-11-14/h6,9,11,15H,1-5,7-8,10,12-13,17H2. The van der Waals surface area contributed by atoms with Gasteiger partial charge in [-0.15, -0.1) is 0 Å². The van der Waals surface area contributed by atoms with Crippen molar-refractivity contribution < 1.29 is 0 Å². The molecule has 0 aromatic carbocycles. The van der Waals surface area contributed by atoms with Gasteiger partial charge in [-0.25, -0.2) is 0 Å². The van der Waals surface area contributed by atoms with Gasteiger partial charge in [0, 0.05) is 19.1 Å². The Labute approximate surface area is 121 Å². The molecule has 0 radical (unpaired) electrons. The Bertz CT molecular complexity index is 377. The van der Waals surface area contributed by atoms with Crippen LogP contribution < -0.4 is 5.73 Å². The number of hydrogen-bond donors (Lipinski definition) is 1. The minimum absolute atomic E-state index is 0.414. The minimum Gasteiger partial charge on any atom is -0.330 e. The Kier molecular flexibility index (Phi) is 4.25. The lowest BCUT2D eigenvalue weighted by Crippen LogP contribution is -2.44. The maximum absolute atomic E-state index is 6.16. The molecule has 0 amide bonds. The molecule has 0 saturated heterocycles. The van der Waals surface area contributed by atoms with Gasteiger partial charge in [-0.3, -0.25) is 4.90 Å². The zero-order valence-electron chi connectivity index (χ0n) is 11.8. The van der Waals surface area contributed by atoms with Crippen LogP contribution >= 0.6 is 11.3 Å². The quantitative estimate of drug-likeness (QED) is 0.861. The van der Waals surface area contributed by atoms with E-state index in [1.54, 1.807) is 0 Å². The lowest BCUT2D eigenvalue weighted by atomic mass is 9.73. The molecule has 2 N–H and O–H groups in total. The summed E-state index contributed by atoms with van der Waals surface area (Å²) in [5.41, 5.74) is 8.06. The van der Waals surface area contributed by atoms with E-state index in [0.717, 1.165) is 19.1 Å². The number of nitrogens with zero attached hydrogens (tertiary/aromatic N) is 1. The second kappa shape index (κ2) is 5.94. The van der Waals surface area contributed by atoms with E-state index in [2.05, 4.69) is 21.7 Å². The van der Waals surface area contributed by atoms with Gasteiger partial charge in [-0.05, 0) is 60.0 Å². The molecule has 2 nitrogen and oxygen atoms in total. The molecule has 2 aliphatic carbocycles. The predicted octanol–water partition coefficient (Wildman–Crippen LogP) is 3.62. The lowest BCUT2D eigenvalue weighted by Gasteiger charge is -2.40. The van der Waals surface area contributed by atoms with Crippen molar-refractivity contribution in [2.75, 3.05) is 13.1 Å². The molecule has 3 heteroatoms. The topological polar surface area (TPSA) is 29.3 Å². The van der Waals surface area contributed by atoms with Crippen LogP contribution in [0.3, 0.4) is 0 Å². The molecule has 2 saturated carbocycles. The molecule has 0 unspecified atom stereocenters. The van der Waals surface area contributed by atoms with Crippen molar-refractivity contribution in [2.45, 2.75) is 57.5 Å². The first kappa shape index (κ1) is 13.6. The summed E-state index contributed by atoms with van der Waals surface area (Å²) in [6.07, 6.45) is 9.65. The second-order valence-corrected chi connectivity index (χ2v) is 7.31. The van der Waals surface area contributed by atoms with Crippen molar-refractivity contribution in [3.05, 3.63) is 22.4 Å². The maximum Gasteiger partial charge on any atom is 0.0245 e. The highest BCUT2D eigenvalue weighted by Crippen LogP contribution is 2.39. The van der Waals surface area contributed by atoms with Crippen LogP contribution in [0.25, 0.3) is 0 Å². The van der Waals surface area contributed by atoms with Crippen LogP contribution in [0.5, 0.6) is 0 Å². The third kappa shape index (κ3) is 3.39. The molecule has 0 spiro atoms. The summed E-state index contributed by atoms with van der Waals surface area (Å²) in [5, 5.41) is 4.49. The zero-order valence-corrected chi connectivity index (χ0v) is 12.6. The Morgan fingerprint density at radius 3 is 2.63 bits per heavy atom. The van der Waals surface area contributed by atoms with Crippen molar-refractivity contribution in [2.24, 2.45) is 11.1 Å². The molecule has 1 aromatic heterocycles. The van der Waals surface area contributed by atoms with Crippen molar-refractivity contribution >= 4 is 11.3 Å². The van der Waals surface area contributed by atoms with Gasteiger partial charge in [0.1, 0.15) is 0 Å². The lowest BCUT2D eigenvalue weighted by molar-refractivity contribution is 0.101. The van der Waals surface area contributed by atoms with Gasteiger partial charge in [-0.2, -0.15) is 11.3 Å². The fourth-order valence-electron chi connectivity index (χ4n) is 3.53. The van der Waals surface area contributed by atoms with Crippen LogP contribution in [0.2, 0.25) is 0 Å². The third-order valence-corrected chi connectivity index (χ3v) is 5.65. The van der Waals surface area contributed by atoms with Crippen molar-refractivity contribution in [1.82, 2.24) is 4.90 Å². The van der Waals surface area contributed by atoms with Gasteiger partial charge < -0.3 is 5.73 Å². The van der Waals surface area contributed by atoms with Gasteiger partial charge >= 0.3 is 0 Å². The fourth-order valence-corrected chi connectivity index (χ4v) is 4.19. The summed E-state index contributed by atoms with van der Waals surface area (Å²) in [6, 6.07) is 3.11. The first-order valence-corrected chi connectivity index (χ1v) is 8.71. The molecular weight excluding hydrogens is 252 g/mol. The summed E-state index contributed by atoms with van der Waals surface area (Å²) in [4.78, 5) is 2.72. The van der Waals surface area contributed by atoms with Crippen LogP contribution in [-0.4, -0.2) is 24.0 Å². The van der Waals surface area contributed by atoms with Gasteiger partial charge in [0.25, 0.3) is 0 Å². The summed E-state index contributed by atoms with van der Waals surface area (Å²) in [5.74, 6) is 0. The Morgan fingerprint density at radius 2 is 2.05 bits per heavy atom. The average molecular weight is 278 g/mol. The molecular formula is C16H26N2S. The van der Waals surface area contributed by atoms with Crippen LogP contribution in [0.15, 0.2) is 16.8 Å². The molecule has 1 heterocycles. The van der Waals surface area contributed by atoms with Crippen LogP contribution in [0.4, 0.5) is 0 Å². The SMILES string of the molecule is NCC1(CN(Cc2ccsc2)C2CC2)CCCCC1. The van der Waals surface area contributed by atoms with E-state index in [1.165, 1.54) is 57.1 Å². The first-order chi connectivity index (χ1) is 9.31. The highest BCUT2D eigenvalue weighted by molar-refractivity contribution is 7.07. The van der Waals surface area contributed by atoms with Crippen LogP contribution in [-0.2, 0) is 6.54 Å². The molecule has 106 valence electrons. The fraction of sp³-hybridized carbons (Fsp3) is 0.750. The summed E-state index contributed by atoms with van der Waals surface area (Å²) < 4.78 is 0. The van der Waals surface area contributed by atoms with Crippen molar-refractivity contribution in [1.29, 1.82) is 0 Å². The zero-order chi connectivity index (χ0) is 13.1. The minimum atomic E-state index is 0.414. The van der Waals surface area contributed by atoms with Gasteiger partial charge in [0.2, 0.25) is 0 Å². The predicted molar refractivity (Wildman–Crippen MR) is 82.3 cm³/mol. The Hall–Kier alpha value is -0.380. The highest BCUT2D eigenvalue weighted by Gasteiger charge is 2.37. The van der Waals surface area contributed by atoms with E-state index in [9.17, 15) is 0 Å². The molecule has 3 rings (SSSR count). The molecule has 1 aromatic rings. The Morgan fingerprint density at radius 1 is 1.26 bits per heavy atom. The van der Waals surface area contributed by atoms with Gasteiger partial charge in [-0.1, -0.05) is 19.3 Å². The van der Waals surface area contributed by atoms with E-state index in [0.29, 0.717) is 5.41 Å². The van der Waals surface area contributed by atoms with Gasteiger partial charge in [0.15, 0.2) is 0 Å². The smallest absolute Gasteiger partial charge is 0.0245 e. The summed E-state index contributed by atoms with van der Waals surface area (Å²) in [6.45, 7) is 3.24. The second-order valence-electron chi connectivity index (χ2n) is 6.53. The monoisotopic (exact) mass is 278 g/mol. The van der Waals surface area contributed by atoms with Crippen molar-refractivity contribution in [3.63, 3.8) is 0 Å². The number of hydrogen-bond acceptors (Lipinski definition) is 3. The number of rotatable bonds is 6. The van der Waals surface area contributed by atoms with Crippen LogP contribution in [0.1, 0.15) is 50.5 Å². The van der Waals surface area contributed by atoms with Crippen LogP contribution in [0, 0.1) is 5.41 Å². The molecule has 0 aliphatic heterocycles. The number of nitrogens with two attached hydrogens (primary N) is 1. The maximum atomic E-state index is 6.16. The average Bonchev–Trinajstić information content (AvgIpc) is 3.18. The largest absolute Gasteiger partial charge is 0.330 e. The number of thiophene rings is 1. The summed E-state index contributed by atoms with van der Waals surface area (Å²) in [7, 11) is 0. The van der Waals surface area contributed by atoms with E-state index in [4.69, 9.17) is 5.73 Å². The molecule has 2 fully saturated rings. The van der Waals surface area contributed by atoms with E-state index in [-0.39, 0.29) is 0 Å². The molecule has 0 atom stereocenters. The van der Waals surface area contributed by atoms with Gasteiger partial charge in [0.05, 0.1) is 0 Å². The normalized spacial score (nSPS) is 22.8. The molecule has 19 heavy (non-hydrogen) atoms. The third-order valence-electron chi connectivity index (χ3n) is 4.91. The summed E-state index contributed by atoms with van der Waals surface area (Å²) >= 11 is 1.81. The van der Waals surface area contributed by atoms with E-state index in [1.807, 2.05) is 11.3 Å². The Balaban J connectivity index is 1.66. The highest BCUT2D eigenvalue weighted by atomic mass is 32.1.